The first-order valence-corrected chi connectivity index (χ1v) is 18.0. The Balaban J connectivity index is 1.27. The Morgan fingerprint density at radius 2 is 1.67 bits per heavy atom. The first kappa shape index (κ1) is 36.1. The first-order chi connectivity index (χ1) is 24.8. The number of carbonyl (C=O) groups is 2. The van der Waals surface area contributed by atoms with Crippen molar-refractivity contribution in [2.75, 3.05) is 41.0 Å². The van der Waals surface area contributed by atoms with Gasteiger partial charge in [-0.15, -0.1) is 0 Å². The van der Waals surface area contributed by atoms with Crippen LogP contribution in [-0.2, 0) is 34.0 Å². The number of likely N-dealkylation sites (tertiary alicyclic amines) is 1. The standard InChI is InChI=1S/C41H51N3O7/c1-28(2)51-41(46)43-18-16-36(30-10-8-11-33(22-30)50-27-29-20-34(48-4)23-35(21-29)49-5)38(26-43)40(45)44(32-14-15-32)25-31-24-42(17-9-19-47-3)39-13-7-6-12-37(31)39/h6-8,10-13,20-24,28,32,36,38H,9,14-19,25-27H2,1-5H3/t36-,38+/m1/s1. The van der Waals surface area contributed by atoms with E-state index in [9.17, 15) is 9.59 Å². The van der Waals surface area contributed by atoms with E-state index < -0.39 is 5.92 Å². The maximum atomic E-state index is 14.9. The second-order valence-corrected chi connectivity index (χ2v) is 13.9. The fourth-order valence-corrected chi connectivity index (χ4v) is 7.18. The summed E-state index contributed by atoms with van der Waals surface area (Å²) in [6, 6.07) is 22.3. The molecule has 10 heteroatoms. The second-order valence-electron chi connectivity index (χ2n) is 13.9. The van der Waals surface area contributed by atoms with Gasteiger partial charge >= 0.3 is 6.09 Å². The topological polar surface area (TPSA) is 91.7 Å². The van der Waals surface area contributed by atoms with Gasteiger partial charge in [0.1, 0.15) is 23.9 Å². The molecule has 0 N–H and O–H groups in total. The van der Waals surface area contributed by atoms with Crippen LogP contribution in [0.1, 0.15) is 62.1 Å². The highest BCUT2D eigenvalue weighted by Gasteiger charge is 2.43. The van der Waals surface area contributed by atoms with Gasteiger partial charge in [0.05, 0.1) is 26.2 Å². The normalized spacial score (nSPS) is 17.4. The Morgan fingerprint density at radius 3 is 2.37 bits per heavy atom. The van der Waals surface area contributed by atoms with Crippen LogP contribution in [0.25, 0.3) is 10.9 Å². The Morgan fingerprint density at radius 1 is 0.902 bits per heavy atom. The summed E-state index contributed by atoms with van der Waals surface area (Å²) in [4.78, 5) is 31.9. The van der Waals surface area contributed by atoms with Gasteiger partial charge in [0.25, 0.3) is 0 Å². The number of para-hydroxylation sites is 1. The van der Waals surface area contributed by atoms with Crippen LogP contribution in [0.2, 0.25) is 0 Å². The molecule has 10 nitrogen and oxygen atoms in total. The van der Waals surface area contributed by atoms with E-state index in [-0.39, 0.29) is 30.1 Å². The molecule has 2 heterocycles. The molecule has 1 saturated carbocycles. The Kier molecular flexibility index (Phi) is 11.7. The molecule has 3 aromatic carbocycles. The molecule has 1 aliphatic carbocycles. The van der Waals surface area contributed by atoms with Crippen molar-refractivity contribution >= 4 is 22.9 Å². The molecular formula is C41H51N3O7. The average molecular weight is 698 g/mol. The highest BCUT2D eigenvalue weighted by Crippen LogP contribution is 2.40. The molecule has 0 unspecified atom stereocenters. The number of benzene rings is 3. The fourth-order valence-electron chi connectivity index (χ4n) is 7.18. The SMILES string of the molecule is COCCCn1cc(CN(C(=O)[C@H]2CN(C(=O)OC(C)C)CC[C@@H]2c2cccc(OCc3cc(OC)cc(OC)c3)c2)C2CC2)c2ccccc21. The van der Waals surface area contributed by atoms with Crippen molar-refractivity contribution in [1.29, 1.82) is 0 Å². The average Bonchev–Trinajstić information content (AvgIpc) is 3.94. The van der Waals surface area contributed by atoms with Crippen LogP contribution >= 0.6 is 0 Å². The molecule has 6 rings (SSSR count). The number of fused-ring (bicyclic) bond motifs is 1. The number of hydrogen-bond donors (Lipinski definition) is 0. The minimum absolute atomic E-state index is 0.0792. The molecule has 272 valence electrons. The van der Waals surface area contributed by atoms with Crippen LogP contribution in [0.5, 0.6) is 17.2 Å². The van der Waals surface area contributed by atoms with Crippen molar-refractivity contribution < 1.29 is 33.3 Å². The third-order valence-corrected chi connectivity index (χ3v) is 9.86. The number of hydrogen-bond acceptors (Lipinski definition) is 7. The minimum Gasteiger partial charge on any atom is -0.497 e. The van der Waals surface area contributed by atoms with Crippen molar-refractivity contribution in [3.8, 4) is 17.2 Å². The first-order valence-electron chi connectivity index (χ1n) is 18.0. The van der Waals surface area contributed by atoms with Gasteiger partial charge in [-0.2, -0.15) is 0 Å². The molecule has 0 radical (unpaired) electrons. The summed E-state index contributed by atoms with van der Waals surface area (Å²) in [6.45, 7) is 6.88. The monoisotopic (exact) mass is 697 g/mol. The Labute approximate surface area is 301 Å². The number of ether oxygens (including phenoxy) is 5. The quantitative estimate of drug-likeness (QED) is 0.120. The summed E-state index contributed by atoms with van der Waals surface area (Å²) in [7, 11) is 4.98. The largest absolute Gasteiger partial charge is 0.497 e. The van der Waals surface area contributed by atoms with Crippen molar-refractivity contribution in [3.63, 3.8) is 0 Å². The summed E-state index contributed by atoms with van der Waals surface area (Å²) < 4.78 is 30.3. The zero-order valence-electron chi connectivity index (χ0n) is 30.5. The molecule has 1 aromatic heterocycles. The number of nitrogens with zero attached hydrogens (tertiary/aromatic N) is 3. The van der Waals surface area contributed by atoms with E-state index in [4.69, 9.17) is 23.7 Å². The highest BCUT2D eigenvalue weighted by molar-refractivity contribution is 5.86. The highest BCUT2D eigenvalue weighted by atomic mass is 16.6. The van der Waals surface area contributed by atoms with E-state index in [0.29, 0.717) is 56.5 Å². The van der Waals surface area contributed by atoms with Gasteiger partial charge in [-0.1, -0.05) is 30.3 Å². The lowest BCUT2D eigenvalue weighted by Gasteiger charge is -2.40. The number of amides is 2. The summed E-state index contributed by atoms with van der Waals surface area (Å²) in [5.74, 6) is 1.64. The second kappa shape index (κ2) is 16.5. The smallest absolute Gasteiger partial charge is 0.410 e. The van der Waals surface area contributed by atoms with Crippen LogP contribution in [-0.4, -0.2) is 79.5 Å². The minimum atomic E-state index is -0.438. The van der Waals surface area contributed by atoms with Crippen LogP contribution in [0.4, 0.5) is 4.79 Å². The van der Waals surface area contributed by atoms with Gasteiger partial charge in [0.15, 0.2) is 0 Å². The third-order valence-electron chi connectivity index (χ3n) is 9.86. The molecule has 2 amide bonds. The number of aryl methyl sites for hydroxylation is 1. The predicted molar refractivity (Wildman–Crippen MR) is 196 cm³/mol. The summed E-state index contributed by atoms with van der Waals surface area (Å²) >= 11 is 0. The van der Waals surface area contributed by atoms with Crippen molar-refractivity contribution in [1.82, 2.24) is 14.4 Å². The van der Waals surface area contributed by atoms with Crippen LogP contribution in [0.3, 0.4) is 0 Å². The summed E-state index contributed by atoms with van der Waals surface area (Å²) in [5, 5.41) is 1.16. The van der Waals surface area contributed by atoms with Gasteiger partial charge in [-0.3, -0.25) is 4.79 Å². The molecule has 51 heavy (non-hydrogen) atoms. The van der Waals surface area contributed by atoms with E-state index in [1.165, 1.54) is 0 Å². The van der Waals surface area contributed by atoms with Gasteiger partial charge in [-0.05, 0) is 92.5 Å². The van der Waals surface area contributed by atoms with Gasteiger partial charge in [-0.25, -0.2) is 4.79 Å². The maximum absolute atomic E-state index is 14.9. The van der Waals surface area contributed by atoms with E-state index in [1.54, 1.807) is 26.2 Å². The molecule has 1 aliphatic heterocycles. The van der Waals surface area contributed by atoms with Gasteiger partial charge in [0, 0.05) is 69.1 Å². The van der Waals surface area contributed by atoms with E-state index in [0.717, 1.165) is 53.4 Å². The van der Waals surface area contributed by atoms with Gasteiger partial charge < -0.3 is 38.1 Å². The van der Waals surface area contributed by atoms with Crippen LogP contribution in [0.15, 0.2) is 72.9 Å². The lowest BCUT2D eigenvalue weighted by Crippen LogP contribution is -2.50. The Hall–Kier alpha value is -4.70. The molecule has 2 atom stereocenters. The molecule has 4 aromatic rings. The van der Waals surface area contributed by atoms with Crippen LogP contribution in [0, 0.1) is 5.92 Å². The molecule has 1 saturated heterocycles. The van der Waals surface area contributed by atoms with E-state index in [2.05, 4.69) is 46.0 Å². The van der Waals surface area contributed by atoms with E-state index >= 15 is 0 Å². The van der Waals surface area contributed by atoms with Gasteiger partial charge in [0.2, 0.25) is 5.91 Å². The van der Waals surface area contributed by atoms with E-state index in [1.807, 2.05) is 50.2 Å². The number of rotatable bonds is 15. The van der Waals surface area contributed by atoms with Crippen LogP contribution < -0.4 is 14.2 Å². The zero-order valence-corrected chi connectivity index (χ0v) is 30.5. The lowest BCUT2D eigenvalue weighted by molar-refractivity contribution is -0.139. The maximum Gasteiger partial charge on any atom is 0.410 e. The number of piperidine rings is 1. The number of carbonyl (C=O) groups excluding carboxylic acids is 2. The van der Waals surface area contributed by atoms with Crippen molar-refractivity contribution in [2.45, 2.75) is 77.3 Å². The molecular weight excluding hydrogens is 646 g/mol. The van der Waals surface area contributed by atoms with Crippen molar-refractivity contribution in [3.05, 3.63) is 89.6 Å². The molecule has 2 aliphatic rings. The zero-order chi connectivity index (χ0) is 35.9. The third kappa shape index (κ3) is 8.79. The van der Waals surface area contributed by atoms with Crippen molar-refractivity contribution in [2.24, 2.45) is 5.92 Å². The Bertz CT molecular complexity index is 1780. The molecule has 0 bridgehead atoms. The summed E-state index contributed by atoms with van der Waals surface area (Å²) in [6.07, 6.45) is 5.09. The number of aromatic nitrogens is 1. The number of methoxy groups -OCH3 is 3. The molecule has 0 spiro atoms. The summed E-state index contributed by atoms with van der Waals surface area (Å²) in [5.41, 5.74) is 4.24. The lowest BCUT2D eigenvalue weighted by atomic mass is 9.79. The fraction of sp³-hybridized carbons (Fsp3) is 0.463. The predicted octanol–water partition coefficient (Wildman–Crippen LogP) is 7.42. The molecule has 2 fully saturated rings.